The lowest BCUT2D eigenvalue weighted by molar-refractivity contribution is 0.467. The second kappa shape index (κ2) is 4.65. The van der Waals surface area contributed by atoms with E-state index in [4.69, 9.17) is 0 Å². The second-order valence-corrected chi connectivity index (χ2v) is 4.56. The summed E-state index contributed by atoms with van der Waals surface area (Å²) < 4.78 is 3.72. The minimum absolute atomic E-state index is 0.221. The number of aryl methyl sites for hydroxylation is 1. The molecule has 0 saturated carbocycles. The second-order valence-electron chi connectivity index (χ2n) is 4.56. The summed E-state index contributed by atoms with van der Waals surface area (Å²) in [5.41, 5.74) is 0. The van der Waals surface area contributed by atoms with E-state index in [0.717, 1.165) is 18.1 Å². The number of hydrogen-bond donors (Lipinski definition) is 0. The summed E-state index contributed by atoms with van der Waals surface area (Å²) in [6.07, 6.45) is 4.29. The third-order valence-electron chi connectivity index (χ3n) is 2.64. The highest BCUT2D eigenvalue weighted by Crippen LogP contribution is 2.10. The van der Waals surface area contributed by atoms with Gasteiger partial charge in [0.2, 0.25) is 0 Å². The van der Waals surface area contributed by atoms with Crippen LogP contribution in [0.25, 0.3) is 0 Å². The van der Waals surface area contributed by atoms with Crippen LogP contribution in [0.3, 0.4) is 0 Å². The fourth-order valence-corrected chi connectivity index (χ4v) is 1.58. The fourth-order valence-electron chi connectivity index (χ4n) is 1.58. The Hall–Kier alpha value is -1.72. The molecule has 1 unspecified atom stereocenters. The monoisotopic (exact) mass is 234 g/mol. The number of aromatic nitrogens is 6. The molecule has 17 heavy (non-hydrogen) atoms. The van der Waals surface area contributed by atoms with Crippen molar-refractivity contribution in [1.29, 1.82) is 0 Å². The molecule has 6 nitrogen and oxygen atoms in total. The number of hydrogen-bond acceptors (Lipinski definition) is 4. The van der Waals surface area contributed by atoms with Crippen molar-refractivity contribution in [3.8, 4) is 0 Å². The highest BCUT2D eigenvalue weighted by Gasteiger charge is 2.11. The van der Waals surface area contributed by atoms with Gasteiger partial charge in [-0.1, -0.05) is 0 Å². The van der Waals surface area contributed by atoms with Crippen molar-refractivity contribution in [1.82, 2.24) is 29.5 Å². The molecular weight excluding hydrogens is 216 g/mol. The van der Waals surface area contributed by atoms with Gasteiger partial charge in [-0.2, -0.15) is 10.2 Å². The van der Waals surface area contributed by atoms with Crippen LogP contribution in [0.5, 0.6) is 0 Å². The summed E-state index contributed by atoms with van der Waals surface area (Å²) in [5.74, 6) is 1.64. The summed E-state index contributed by atoms with van der Waals surface area (Å²) in [6, 6.07) is 0.569. The third-order valence-corrected chi connectivity index (χ3v) is 2.64. The summed E-state index contributed by atoms with van der Waals surface area (Å²) in [6.45, 7) is 8.14. The van der Waals surface area contributed by atoms with Crippen molar-refractivity contribution in [2.24, 2.45) is 0 Å². The molecule has 0 aliphatic carbocycles. The van der Waals surface area contributed by atoms with E-state index in [1.54, 1.807) is 12.7 Å². The van der Waals surface area contributed by atoms with Crippen LogP contribution in [0.4, 0.5) is 0 Å². The van der Waals surface area contributed by atoms with Crippen LogP contribution in [0.2, 0.25) is 0 Å². The maximum absolute atomic E-state index is 4.43. The lowest BCUT2D eigenvalue weighted by Gasteiger charge is -2.08. The Balaban J connectivity index is 2.05. The summed E-state index contributed by atoms with van der Waals surface area (Å²) in [5, 5.41) is 8.72. The molecule has 2 aromatic heterocycles. The van der Waals surface area contributed by atoms with E-state index in [2.05, 4.69) is 40.9 Å². The van der Waals surface area contributed by atoms with Crippen LogP contribution in [0.1, 0.15) is 44.5 Å². The number of rotatable bonds is 4. The molecule has 92 valence electrons. The summed E-state index contributed by atoms with van der Waals surface area (Å²) in [4.78, 5) is 8.42. The van der Waals surface area contributed by atoms with Gasteiger partial charge in [0.05, 0.1) is 6.04 Å². The first-order chi connectivity index (χ1) is 8.06. The average Bonchev–Trinajstić information content (AvgIpc) is 2.86. The van der Waals surface area contributed by atoms with Gasteiger partial charge in [0, 0.05) is 12.5 Å². The lowest BCUT2D eigenvalue weighted by Crippen LogP contribution is -2.10. The van der Waals surface area contributed by atoms with Gasteiger partial charge >= 0.3 is 0 Å². The molecule has 0 bridgehead atoms. The van der Waals surface area contributed by atoms with Crippen LogP contribution < -0.4 is 0 Å². The Morgan fingerprint density at radius 3 is 2.29 bits per heavy atom. The molecule has 0 fully saturated rings. The maximum atomic E-state index is 4.43. The van der Waals surface area contributed by atoms with Gasteiger partial charge in [-0.05, 0) is 27.7 Å². The van der Waals surface area contributed by atoms with E-state index in [9.17, 15) is 0 Å². The topological polar surface area (TPSA) is 61.4 Å². The zero-order valence-electron chi connectivity index (χ0n) is 10.7. The van der Waals surface area contributed by atoms with E-state index in [0.29, 0.717) is 6.04 Å². The molecule has 0 saturated heterocycles. The van der Waals surface area contributed by atoms with Gasteiger partial charge in [0.1, 0.15) is 18.5 Å². The Morgan fingerprint density at radius 1 is 1.06 bits per heavy atom. The van der Waals surface area contributed by atoms with E-state index in [1.807, 2.05) is 16.3 Å². The van der Waals surface area contributed by atoms with E-state index >= 15 is 0 Å². The van der Waals surface area contributed by atoms with Crippen molar-refractivity contribution < 1.29 is 0 Å². The Morgan fingerprint density at radius 2 is 1.76 bits per heavy atom. The molecule has 0 amide bonds. The zero-order valence-corrected chi connectivity index (χ0v) is 10.7. The van der Waals surface area contributed by atoms with Crippen molar-refractivity contribution in [2.45, 2.75) is 46.2 Å². The van der Waals surface area contributed by atoms with E-state index in [-0.39, 0.29) is 6.04 Å². The smallest absolute Gasteiger partial charge is 0.152 e. The Labute approximate surface area is 101 Å². The van der Waals surface area contributed by atoms with Gasteiger partial charge in [-0.15, -0.1) is 0 Å². The van der Waals surface area contributed by atoms with E-state index < -0.39 is 0 Å². The molecule has 2 heterocycles. The van der Waals surface area contributed by atoms with Crippen molar-refractivity contribution in [2.75, 3.05) is 0 Å². The Bertz CT molecular complexity index is 484. The standard InChI is InChI=1S/C11H18N6/c1-8(2)16-7-13-11(15-16)5-9(3)17-6-12-10(4)14-17/h6-9H,5H2,1-4H3. The fraction of sp³-hybridized carbons (Fsp3) is 0.636. The summed E-state index contributed by atoms with van der Waals surface area (Å²) >= 11 is 0. The molecule has 0 aromatic carbocycles. The molecule has 2 aromatic rings. The SMILES string of the molecule is Cc1ncn(C(C)Cc2ncn(C(C)C)n2)n1. The molecule has 0 spiro atoms. The van der Waals surface area contributed by atoms with Crippen LogP contribution in [0, 0.1) is 6.92 Å². The highest BCUT2D eigenvalue weighted by molar-refractivity contribution is 4.87. The van der Waals surface area contributed by atoms with Crippen LogP contribution in [-0.2, 0) is 6.42 Å². The average molecular weight is 234 g/mol. The quantitative estimate of drug-likeness (QED) is 0.805. The zero-order chi connectivity index (χ0) is 12.4. The molecule has 0 aliphatic rings. The predicted octanol–water partition coefficient (Wildman–Crippen LogP) is 1.56. The minimum atomic E-state index is 0.221. The lowest BCUT2D eigenvalue weighted by atomic mass is 10.2. The van der Waals surface area contributed by atoms with Gasteiger partial charge in [-0.3, -0.25) is 4.68 Å². The van der Waals surface area contributed by atoms with Gasteiger partial charge in [-0.25, -0.2) is 14.6 Å². The minimum Gasteiger partial charge on any atom is -0.250 e. The Kier molecular flexibility index (Phi) is 3.21. The maximum Gasteiger partial charge on any atom is 0.152 e. The highest BCUT2D eigenvalue weighted by atomic mass is 15.4. The van der Waals surface area contributed by atoms with Crippen molar-refractivity contribution in [3.63, 3.8) is 0 Å². The molecule has 0 radical (unpaired) electrons. The largest absolute Gasteiger partial charge is 0.250 e. The molecule has 0 N–H and O–H groups in total. The number of nitrogens with zero attached hydrogens (tertiary/aromatic N) is 6. The van der Waals surface area contributed by atoms with Crippen molar-refractivity contribution in [3.05, 3.63) is 24.3 Å². The summed E-state index contributed by atoms with van der Waals surface area (Å²) in [7, 11) is 0. The predicted molar refractivity (Wildman–Crippen MR) is 63.6 cm³/mol. The van der Waals surface area contributed by atoms with E-state index in [1.165, 1.54) is 0 Å². The first-order valence-electron chi connectivity index (χ1n) is 5.84. The van der Waals surface area contributed by atoms with Crippen molar-refractivity contribution >= 4 is 0 Å². The first kappa shape index (κ1) is 11.8. The van der Waals surface area contributed by atoms with Gasteiger partial charge in [0.25, 0.3) is 0 Å². The third kappa shape index (κ3) is 2.69. The van der Waals surface area contributed by atoms with Crippen LogP contribution in [-0.4, -0.2) is 29.5 Å². The van der Waals surface area contributed by atoms with Gasteiger partial charge < -0.3 is 0 Å². The molecule has 1 atom stereocenters. The molecule has 6 heteroatoms. The molecule has 0 aliphatic heterocycles. The van der Waals surface area contributed by atoms with Gasteiger partial charge in [0.15, 0.2) is 5.82 Å². The van der Waals surface area contributed by atoms with Crippen LogP contribution >= 0.6 is 0 Å². The van der Waals surface area contributed by atoms with Crippen LogP contribution in [0.15, 0.2) is 12.7 Å². The molecular formula is C11H18N6. The molecule has 2 rings (SSSR count). The first-order valence-corrected chi connectivity index (χ1v) is 5.84. The normalized spacial score (nSPS) is 13.2.